The van der Waals surface area contributed by atoms with E-state index in [2.05, 4.69) is 26.8 Å². The number of aliphatic hydroxyl groups excluding tert-OH is 1. The summed E-state index contributed by atoms with van der Waals surface area (Å²) in [7, 11) is 0. The molecular weight excluding hydrogens is 212 g/mol. The molecule has 0 aliphatic heterocycles. The minimum atomic E-state index is -0.224. The van der Waals surface area contributed by atoms with Gasteiger partial charge in [0, 0.05) is 5.41 Å². The molecule has 6 atom stereocenters. The van der Waals surface area contributed by atoms with E-state index in [1.165, 1.54) is 0 Å². The van der Waals surface area contributed by atoms with Gasteiger partial charge in [0.05, 0.1) is 6.10 Å². The first kappa shape index (κ1) is 11.5. The molecule has 3 fully saturated rings. The summed E-state index contributed by atoms with van der Waals surface area (Å²) in [6.45, 7) is 6.69. The monoisotopic (exact) mass is 234 g/mol. The lowest BCUT2D eigenvalue weighted by molar-refractivity contribution is -0.241. The molecule has 3 saturated carbocycles. The van der Waals surface area contributed by atoms with Gasteiger partial charge < -0.3 is 5.11 Å². The number of hydrogen-bond acceptors (Lipinski definition) is 2. The zero-order chi connectivity index (χ0) is 12.4. The van der Waals surface area contributed by atoms with Crippen molar-refractivity contribution in [3.05, 3.63) is 11.6 Å². The maximum absolute atomic E-state index is 11.2. The van der Waals surface area contributed by atoms with Crippen molar-refractivity contribution in [2.24, 2.45) is 35.0 Å². The molecule has 0 radical (unpaired) electrons. The zero-order valence-electron chi connectivity index (χ0n) is 10.9. The van der Waals surface area contributed by atoms with Crippen LogP contribution in [0.5, 0.6) is 0 Å². The van der Waals surface area contributed by atoms with Gasteiger partial charge >= 0.3 is 0 Å². The number of hydrogen-bond donors (Lipinski definition) is 1. The molecule has 1 N–H and O–H groups in total. The third-order valence-corrected chi connectivity index (χ3v) is 5.99. The summed E-state index contributed by atoms with van der Waals surface area (Å²) in [6, 6.07) is 0. The van der Waals surface area contributed by atoms with Gasteiger partial charge in [-0.1, -0.05) is 26.8 Å². The van der Waals surface area contributed by atoms with Crippen LogP contribution in [0.15, 0.2) is 11.6 Å². The predicted molar refractivity (Wildman–Crippen MR) is 66.3 cm³/mol. The van der Waals surface area contributed by atoms with Crippen molar-refractivity contribution in [2.45, 2.75) is 39.7 Å². The van der Waals surface area contributed by atoms with Crippen molar-refractivity contribution in [3.8, 4) is 0 Å². The summed E-state index contributed by atoms with van der Waals surface area (Å²) in [5.74, 6) is 2.77. The molecular formula is C15H22O2. The van der Waals surface area contributed by atoms with Gasteiger partial charge in [-0.25, -0.2) is 0 Å². The maximum atomic E-state index is 11.2. The lowest BCUT2D eigenvalue weighted by Gasteiger charge is -2.71. The van der Waals surface area contributed by atoms with Crippen LogP contribution in [-0.2, 0) is 4.79 Å². The smallest absolute Gasteiger partial charge is 0.146 e. The van der Waals surface area contributed by atoms with Crippen molar-refractivity contribution in [1.29, 1.82) is 0 Å². The van der Waals surface area contributed by atoms with Crippen LogP contribution in [-0.4, -0.2) is 17.5 Å². The van der Waals surface area contributed by atoms with Crippen LogP contribution < -0.4 is 0 Å². The van der Waals surface area contributed by atoms with Crippen LogP contribution in [0.2, 0.25) is 0 Å². The summed E-state index contributed by atoms with van der Waals surface area (Å²) in [5.41, 5.74) is 0.950. The summed E-state index contributed by atoms with van der Waals surface area (Å²) in [4.78, 5) is 11.2. The number of aldehydes is 1. The highest BCUT2D eigenvalue weighted by molar-refractivity contribution is 5.76. The number of carbonyl (C=O) groups excluding carboxylic acids is 1. The van der Waals surface area contributed by atoms with Crippen molar-refractivity contribution in [2.75, 3.05) is 0 Å². The molecule has 0 amide bonds. The number of allylic oxidation sites excluding steroid dienone is 2. The molecule has 17 heavy (non-hydrogen) atoms. The van der Waals surface area contributed by atoms with E-state index in [9.17, 15) is 9.90 Å². The number of aliphatic hydroxyl groups is 1. The SMILES string of the molecule is CC(C)[C@@H]1C[C@H](O)[C@@]2(C)[C@@H]3CC=C(C=O)[C@H]2[C@@H]31. The van der Waals surface area contributed by atoms with E-state index in [0.717, 1.165) is 24.7 Å². The minimum absolute atomic E-state index is 0.0128. The van der Waals surface area contributed by atoms with Gasteiger partial charge in [-0.3, -0.25) is 4.79 Å². The van der Waals surface area contributed by atoms with Gasteiger partial charge in [0.2, 0.25) is 0 Å². The molecule has 0 spiro atoms. The fourth-order valence-electron chi connectivity index (χ4n) is 5.06. The van der Waals surface area contributed by atoms with E-state index in [1.807, 2.05) is 0 Å². The predicted octanol–water partition coefficient (Wildman–Crippen LogP) is 2.42. The summed E-state index contributed by atoms with van der Waals surface area (Å²) in [6.07, 6.45) is 4.83. The number of carbonyl (C=O) groups is 1. The molecule has 0 unspecified atom stereocenters. The zero-order valence-corrected chi connectivity index (χ0v) is 10.9. The van der Waals surface area contributed by atoms with Crippen LogP contribution in [0.4, 0.5) is 0 Å². The highest BCUT2D eigenvalue weighted by Crippen LogP contribution is 2.71. The molecule has 2 heteroatoms. The third kappa shape index (κ3) is 1.17. The van der Waals surface area contributed by atoms with Crippen LogP contribution in [0.3, 0.4) is 0 Å². The van der Waals surface area contributed by atoms with Crippen LogP contribution >= 0.6 is 0 Å². The molecule has 0 saturated heterocycles. The summed E-state index contributed by atoms with van der Waals surface area (Å²) >= 11 is 0. The normalized spacial score (nSPS) is 51.8. The third-order valence-electron chi connectivity index (χ3n) is 5.99. The lowest BCUT2D eigenvalue weighted by Crippen LogP contribution is -2.69. The molecule has 4 aliphatic carbocycles. The Labute approximate surface area is 103 Å². The fraction of sp³-hybridized carbons (Fsp3) is 0.800. The standard InChI is InChI=1S/C15H22O2/c1-8(2)10-6-12(17)15(3)11-5-4-9(7-16)14(15)13(10)11/h4,7-8,10-14,17H,5-6H2,1-3H3/t10-,11+,12-,13+,14-,15+/m0/s1. The molecule has 94 valence electrons. The second kappa shape index (κ2) is 3.44. The van der Waals surface area contributed by atoms with E-state index in [4.69, 9.17) is 0 Å². The van der Waals surface area contributed by atoms with Gasteiger partial charge in [-0.2, -0.15) is 0 Å². The molecule has 0 aromatic rings. The average Bonchev–Trinajstić information content (AvgIpc) is 2.32. The van der Waals surface area contributed by atoms with Crippen LogP contribution in [0, 0.1) is 35.0 Å². The van der Waals surface area contributed by atoms with Crippen molar-refractivity contribution in [3.63, 3.8) is 0 Å². The second-order valence-corrected chi connectivity index (χ2v) is 6.74. The second-order valence-electron chi connectivity index (χ2n) is 6.74. The van der Waals surface area contributed by atoms with Gasteiger partial charge in [-0.05, 0) is 48.0 Å². The Balaban J connectivity index is 2.01. The maximum Gasteiger partial charge on any atom is 0.146 e. The Hall–Kier alpha value is -0.630. The largest absolute Gasteiger partial charge is 0.393 e. The van der Waals surface area contributed by atoms with Crippen molar-refractivity contribution in [1.82, 2.24) is 0 Å². The van der Waals surface area contributed by atoms with E-state index in [-0.39, 0.29) is 11.5 Å². The Morgan fingerprint density at radius 1 is 1.53 bits per heavy atom. The summed E-state index contributed by atoms with van der Waals surface area (Å²) < 4.78 is 0. The Kier molecular flexibility index (Phi) is 2.32. The van der Waals surface area contributed by atoms with Crippen molar-refractivity contribution < 1.29 is 9.90 Å². The fourth-order valence-corrected chi connectivity index (χ4v) is 5.06. The molecule has 4 rings (SSSR count). The van der Waals surface area contributed by atoms with E-state index < -0.39 is 0 Å². The molecule has 4 bridgehead atoms. The van der Waals surface area contributed by atoms with E-state index in [0.29, 0.717) is 29.6 Å². The van der Waals surface area contributed by atoms with Crippen LogP contribution in [0.1, 0.15) is 33.6 Å². The van der Waals surface area contributed by atoms with E-state index in [1.54, 1.807) is 0 Å². The first-order chi connectivity index (χ1) is 8.01. The topological polar surface area (TPSA) is 37.3 Å². The Bertz CT molecular complexity index is 384. The molecule has 0 aromatic heterocycles. The quantitative estimate of drug-likeness (QED) is 0.745. The Morgan fingerprint density at radius 2 is 2.24 bits per heavy atom. The highest BCUT2D eigenvalue weighted by atomic mass is 16.3. The van der Waals surface area contributed by atoms with E-state index >= 15 is 0 Å². The summed E-state index contributed by atoms with van der Waals surface area (Å²) in [5, 5.41) is 10.5. The van der Waals surface area contributed by atoms with Gasteiger partial charge in [-0.15, -0.1) is 0 Å². The average molecular weight is 234 g/mol. The highest BCUT2D eigenvalue weighted by Gasteiger charge is 2.69. The lowest BCUT2D eigenvalue weighted by atomic mass is 9.33. The van der Waals surface area contributed by atoms with Gasteiger partial charge in [0.15, 0.2) is 0 Å². The molecule has 0 aromatic carbocycles. The molecule has 4 aliphatic rings. The number of rotatable bonds is 2. The molecule has 0 heterocycles. The van der Waals surface area contributed by atoms with Crippen LogP contribution in [0.25, 0.3) is 0 Å². The molecule has 2 nitrogen and oxygen atoms in total. The first-order valence-corrected chi connectivity index (χ1v) is 6.85. The van der Waals surface area contributed by atoms with Gasteiger partial charge in [0.1, 0.15) is 6.29 Å². The number of fused-ring (bicyclic) bond motifs is 2. The van der Waals surface area contributed by atoms with Crippen molar-refractivity contribution >= 4 is 6.29 Å². The first-order valence-electron chi connectivity index (χ1n) is 6.85. The Morgan fingerprint density at radius 3 is 2.82 bits per heavy atom. The minimum Gasteiger partial charge on any atom is -0.393 e. The van der Waals surface area contributed by atoms with Gasteiger partial charge in [0.25, 0.3) is 0 Å².